The highest BCUT2D eigenvalue weighted by Gasteiger charge is 2.36. The summed E-state index contributed by atoms with van der Waals surface area (Å²) in [6.07, 6.45) is 1.13. The fourth-order valence-corrected chi connectivity index (χ4v) is 3.01. The summed E-state index contributed by atoms with van der Waals surface area (Å²) < 4.78 is 26.6. The van der Waals surface area contributed by atoms with Crippen molar-refractivity contribution in [2.75, 3.05) is 0 Å². The van der Waals surface area contributed by atoms with Crippen LogP contribution in [0.15, 0.2) is 18.2 Å². The van der Waals surface area contributed by atoms with Gasteiger partial charge in [0.1, 0.15) is 0 Å². The van der Waals surface area contributed by atoms with Crippen LogP contribution >= 0.6 is 11.6 Å². The van der Waals surface area contributed by atoms with Gasteiger partial charge < -0.3 is 0 Å². The number of carbonyl (C=O) groups excluding carboxylic acids is 1. The fraction of sp³-hybridized carbons (Fsp3) is 0.533. The van der Waals surface area contributed by atoms with Gasteiger partial charge in [0.05, 0.1) is 5.02 Å². The Morgan fingerprint density at radius 1 is 1.47 bits per heavy atom. The SMILES string of the molecule is Cc1ccc(C(=O)CC2CCCC(F)(F)C2)c(Cl)c1. The molecular formula is C15H17ClF2O. The topological polar surface area (TPSA) is 17.1 Å². The molecule has 1 nitrogen and oxygen atoms in total. The summed E-state index contributed by atoms with van der Waals surface area (Å²) in [5.41, 5.74) is 1.42. The third-order valence-electron chi connectivity index (χ3n) is 3.64. The van der Waals surface area contributed by atoms with Crippen LogP contribution in [0.1, 0.15) is 48.0 Å². The first-order valence-corrected chi connectivity index (χ1v) is 6.92. The molecule has 0 amide bonds. The first kappa shape index (κ1) is 14.4. The second-order valence-corrected chi connectivity index (χ2v) is 5.84. The Balaban J connectivity index is 2.04. The molecule has 1 aliphatic carbocycles. The van der Waals surface area contributed by atoms with Gasteiger partial charge in [0.25, 0.3) is 0 Å². The van der Waals surface area contributed by atoms with Crippen molar-refractivity contribution in [3.05, 3.63) is 34.3 Å². The number of hydrogen-bond acceptors (Lipinski definition) is 1. The molecule has 19 heavy (non-hydrogen) atoms. The Morgan fingerprint density at radius 3 is 2.84 bits per heavy atom. The zero-order valence-electron chi connectivity index (χ0n) is 10.9. The third-order valence-corrected chi connectivity index (χ3v) is 3.95. The van der Waals surface area contributed by atoms with Gasteiger partial charge in [0, 0.05) is 24.8 Å². The molecular weight excluding hydrogens is 270 g/mol. The molecule has 0 saturated heterocycles. The molecule has 0 radical (unpaired) electrons. The van der Waals surface area contributed by atoms with Crippen molar-refractivity contribution < 1.29 is 13.6 Å². The van der Waals surface area contributed by atoms with E-state index in [0.717, 1.165) is 5.56 Å². The summed E-state index contributed by atoms with van der Waals surface area (Å²) in [5.74, 6) is -2.97. The lowest BCUT2D eigenvalue weighted by molar-refractivity contribution is -0.0521. The lowest BCUT2D eigenvalue weighted by Crippen LogP contribution is -2.27. The Bertz CT molecular complexity index is 485. The highest BCUT2D eigenvalue weighted by Crippen LogP contribution is 2.38. The van der Waals surface area contributed by atoms with Crippen LogP contribution in [0, 0.1) is 12.8 Å². The predicted molar refractivity (Wildman–Crippen MR) is 72.0 cm³/mol. The summed E-state index contributed by atoms with van der Waals surface area (Å²) in [6.45, 7) is 1.89. The molecule has 0 bridgehead atoms. The normalized spacial score (nSPS) is 22.2. The van der Waals surface area contributed by atoms with Crippen molar-refractivity contribution in [3.8, 4) is 0 Å². The van der Waals surface area contributed by atoms with Gasteiger partial charge in [-0.05, 0) is 43.4 Å². The van der Waals surface area contributed by atoms with Crippen LogP contribution in [0.2, 0.25) is 5.02 Å². The smallest absolute Gasteiger partial charge is 0.248 e. The van der Waals surface area contributed by atoms with E-state index in [2.05, 4.69) is 0 Å². The first-order chi connectivity index (χ1) is 8.87. The van der Waals surface area contributed by atoms with Gasteiger partial charge in [-0.1, -0.05) is 17.7 Å². The summed E-state index contributed by atoms with van der Waals surface area (Å²) in [5, 5.41) is 0.410. The van der Waals surface area contributed by atoms with Crippen molar-refractivity contribution in [1.82, 2.24) is 0 Å². The Hall–Kier alpha value is -0.960. The first-order valence-electron chi connectivity index (χ1n) is 6.54. The molecule has 4 heteroatoms. The molecule has 1 aliphatic rings. The molecule has 1 fully saturated rings. The zero-order valence-corrected chi connectivity index (χ0v) is 11.6. The summed E-state index contributed by atoms with van der Waals surface area (Å²) in [7, 11) is 0. The van der Waals surface area contributed by atoms with E-state index in [4.69, 9.17) is 11.6 Å². The molecule has 2 rings (SSSR count). The Kier molecular flexibility index (Phi) is 4.24. The van der Waals surface area contributed by atoms with Gasteiger partial charge in [0.15, 0.2) is 5.78 Å². The maximum atomic E-state index is 13.3. The predicted octanol–water partition coefficient (Wildman–Crippen LogP) is 5.05. The summed E-state index contributed by atoms with van der Waals surface area (Å²) in [4.78, 5) is 12.1. The number of rotatable bonds is 3. The largest absolute Gasteiger partial charge is 0.294 e. The van der Waals surface area contributed by atoms with E-state index in [1.807, 2.05) is 13.0 Å². The van der Waals surface area contributed by atoms with Crippen LogP contribution in [0.3, 0.4) is 0 Å². The number of ketones is 1. The van der Waals surface area contributed by atoms with E-state index in [1.54, 1.807) is 12.1 Å². The van der Waals surface area contributed by atoms with Gasteiger partial charge in [-0.2, -0.15) is 0 Å². The van der Waals surface area contributed by atoms with Crippen molar-refractivity contribution in [2.24, 2.45) is 5.92 Å². The molecule has 1 unspecified atom stereocenters. The van der Waals surface area contributed by atoms with Crippen molar-refractivity contribution in [1.29, 1.82) is 0 Å². The monoisotopic (exact) mass is 286 g/mol. The van der Waals surface area contributed by atoms with E-state index < -0.39 is 5.92 Å². The fourth-order valence-electron chi connectivity index (χ4n) is 2.67. The zero-order chi connectivity index (χ0) is 14.0. The molecule has 0 spiro atoms. The average molecular weight is 287 g/mol. The molecule has 0 aromatic heterocycles. The van der Waals surface area contributed by atoms with E-state index in [9.17, 15) is 13.6 Å². The quantitative estimate of drug-likeness (QED) is 0.711. The second-order valence-electron chi connectivity index (χ2n) is 5.43. The highest BCUT2D eigenvalue weighted by molar-refractivity contribution is 6.34. The lowest BCUT2D eigenvalue weighted by atomic mass is 9.82. The van der Waals surface area contributed by atoms with Crippen LogP contribution in [0.4, 0.5) is 8.78 Å². The van der Waals surface area contributed by atoms with Crippen LogP contribution in [0.25, 0.3) is 0 Å². The molecule has 1 atom stereocenters. The minimum absolute atomic E-state index is 0.0526. The van der Waals surface area contributed by atoms with E-state index in [0.29, 0.717) is 23.4 Å². The molecule has 0 N–H and O–H groups in total. The maximum absolute atomic E-state index is 13.3. The van der Waals surface area contributed by atoms with Crippen LogP contribution < -0.4 is 0 Å². The number of halogens is 3. The van der Waals surface area contributed by atoms with E-state index in [-0.39, 0.29) is 31.0 Å². The minimum atomic E-state index is -2.61. The molecule has 0 aliphatic heterocycles. The highest BCUT2D eigenvalue weighted by atomic mass is 35.5. The standard InChI is InChI=1S/C15H17ClF2O/c1-10-4-5-12(13(16)7-10)14(19)8-11-3-2-6-15(17,18)9-11/h4-5,7,11H,2-3,6,8-9H2,1H3. The number of Topliss-reactive ketones (excluding diaryl/α,β-unsaturated/α-hetero) is 1. The summed E-state index contributed by atoms with van der Waals surface area (Å²) in [6, 6.07) is 5.22. The number of alkyl halides is 2. The van der Waals surface area contributed by atoms with Gasteiger partial charge >= 0.3 is 0 Å². The van der Waals surface area contributed by atoms with Gasteiger partial charge in [-0.3, -0.25) is 4.79 Å². The average Bonchev–Trinajstić information content (AvgIpc) is 2.27. The molecule has 1 saturated carbocycles. The molecule has 104 valence electrons. The van der Waals surface area contributed by atoms with Gasteiger partial charge in [-0.15, -0.1) is 0 Å². The van der Waals surface area contributed by atoms with Crippen molar-refractivity contribution in [2.45, 2.75) is 45.0 Å². The maximum Gasteiger partial charge on any atom is 0.248 e. The number of aryl methyl sites for hydroxylation is 1. The molecule has 1 aromatic rings. The summed E-state index contributed by atoms with van der Waals surface area (Å²) >= 11 is 6.03. The lowest BCUT2D eigenvalue weighted by Gasteiger charge is -2.28. The Morgan fingerprint density at radius 2 is 2.21 bits per heavy atom. The minimum Gasteiger partial charge on any atom is -0.294 e. The molecule has 1 aromatic carbocycles. The van der Waals surface area contributed by atoms with E-state index in [1.165, 1.54) is 0 Å². The third kappa shape index (κ3) is 3.75. The van der Waals surface area contributed by atoms with Crippen molar-refractivity contribution >= 4 is 17.4 Å². The van der Waals surface area contributed by atoms with Crippen LogP contribution in [0.5, 0.6) is 0 Å². The number of hydrogen-bond donors (Lipinski definition) is 0. The van der Waals surface area contributed by atoms with Gasteiger partial charge in [-0.25, -0.2) is 8.78 Å². The van der Waals surface area contributed by atoms with Crippen LogP contribution in [-0.4, -0.2) is 11.7 Å². The number of benzene rings is 1. The second kappa shape index (κ2) is 5.58. The van der Waals surface area contributed by atoms with E-state index >= 15 is 0 Å². The number of carbonyl (C=O) groups is 1. The Labute approximate surface area is 117 Å². The van der Waals surface area contributed by atoms with Gasteiger partial charge in [0.2, 0.25) is 5.92 Å². The molecule has 0 heterocycles. The van der Waals surface area contributed by atoms with Crippen molar-refractivity contribution in [3.63, 3.8) is 0 Å². The van der Waals surface area contributed by atoms with Crippen LogP contribution in [-0.2, 0) is 0 Å².